The third-order valence-electron chi connectivity index (χ3n) is 2.45. The molecule has 0 spiro atoms. The van der Waals surface area contributed by atoms with Crippen LogP contribution in [0.4, 0.5) is 5.69 Å². The van der Waals surface area contributed by atoms with Crippen LogP contribution in [0.25, 0.3) is 0 Å². The first-order valence-electron chi connectivity index (χ1n) is 5.63. The van der Waals surface area contributed by atoms with E-state index in [9.17, 15) is 5.21 Å². The summed E-state index contributed by atoms with van der Waals surface area (Å²) in [6.07, 6.45) is 1.41. The average molecular weight is 324 g/mol. The second-order valence-corrected chi connectivity index (χ2v) is 5.35. The molecule has 0 aliphatic rings. The van der Waals surface area contributed by atoms with Crippen LogP contribution in [-0.4, -0.2) is 15.3 Å². The van der Waals surface area contributed by atoms with E-state index in [4.69, 9.17) is 28.6 Å². The highest BCUT2D eigenvalue weighted by atomic mass is 35.5. The monoisotopic (exact) mass is 323 g/mol. The minimum absolute atomic E-state index is 0.0924. The maximum absolute atomic E-state index is 12.1. The van der Waals surface area contributed by atoms with Gasteiger partial charge in [-0.05, 0) is 36.5 Å². The molecular formula is C14H10ClNO2S2. The number of benzene rings is 2. The summed E-state index contributed by atoms with van der Waals surface area (Å²) in [4.78, 5) is 0. The summed E-state index contributed by atoms with van der Waals surface area (Å²) in [6, 6.07) is 13.6. The van der Waals surface area contributed by atoms with E-state index in [2.05, 4.69) is 12.6 Å². The van der Waals surface area contributed by atoms with Crippen LogP contribution in [0, 0.1) is 5.21 Å². The van der Waals surface area contributed by atoms with Crippen LogP contribution in [0.3, 0.4) is 0 Å². The number of hydrogen-bond donors (Lipinski definition) is 1. The Morgan fingerprint density at radius 2 is 1.85 bits per heavy atom. The Labute approximate surface area is 132 Å². The number of rotatable bonds is 3. The minimum Gasteiger partial charge on any atom is -0.618 e. The maximum Gasteiger partial charge on any atom is 0.222 e. The molecule has 0 atom stereocenters. The molecule has 0 saturated heterocycles. The molecule has 0 unspecified atom stereocenters. The van der Waals surface area contributed by atoms with Crippen LogP contribution < -0.4 is 4.74 Å². The van der Waals surface area contributed by atoms with Gasteiger partial charge in [0.15, 0.2) is 6.21 Å². The highest BCUT2D eigenvalue weighted by Crippen LogP contribution is 2.19. The molecule has 0 aromatic heterocycles. The smallest absolute Gasteiger partial charge is 0.222 e. The lowest BCUT2D eigenvalue weighted by Gasteiger charge is -2.07. The summed E-state index contributed by atoms with van der Waals surface area (Å²) in [6.45, 7) is 0. The number of thiocarbonyl (C=S) groups is 1. The first-order chi connectivity index (χ1) is 9.56. The first-order valence-corrected chi connectivity index (χ1v) is 6.86. The van der Waals surface area contributed by atoms with Gasteiger partial charge in [0, 0.05) is 17.2 Å². The van der Waals surface area contributed by atoms with Crippen molar-refractivity contribution >= 4 is 52.7 Å². The molecule has 0 fully saturated rings. The fourth-order valence-corrected chi connectivity index (χ4v) is 1.88. The molecule has 0 N–H and O–H groups in total. The lowest BCUT2D eigenvalue weighted by Crippen LogP contribution is -2.03. The molecule has 2 aromatic carbocycles. The van der Waals surface area contributed by atoms with Gasteiger partial charge in [-0.15, -0.1) is 0 Å². The highest BCUT2D eigenvalue weighted by molar-refractivity contribution is 8.10. The van der Waals surface area contributed by atoms with Crippen LogP contribution in [0.1, 0.15) is 5.56 Å². The Morgan fingerprint density at radius 3 is 2.50 bits per heavy atom. The predicted molar refractivity (Wildman–Crippen MR) is 88.6 cm³/mol. The van der Waals surface area contributed by atoms with Crippen LogP contribution in [-0.2, 0) is 0 Å². The second kappa shape index (κ2) is 6.74. The van der Waals surface area contributed by atoms with Gasteiger partial charge in [-0.2, -0.15) is 4.74 Å². The van der Waals surface area contributed by atoms with Gasteiger partial charge >= 0.3 is 0 Å². The number of hydrogen-bond acceptors (Lipinski definition) is 3. The Morgan fingerprint density at radius 1 is 1.20 bits per heavy atom. The van der Waals surface area contributed by atoms with Gasteiger partial charge in [-0.25, -0.2) is 0 Å². The van der Waals surface area contributed by atoms with Crippen molar-refractivity contribution in [1.29, 1.82) is 0 Å². The Bertz CT molecular complexity index is 656. The quantitative estimate of drug-likeness (QED) is 0.230. The SMILES string of the molecule is [O-][N+](=Cc1ccccc1OC(=S)S)c1ccc(Cl)cc1. The van der Waals surface area contributed by atoms with E-state index in [1.165, 1.54) is 6.21 Å². The van der Waals surface area contributed by atoms with Crippen molar-refractivity contribution in [2.24, 2.45) is 0 Å². The number of para-hydroxylation sites is 1. The molecule has 2 rings (SSSR count). The van der Waals surface area contributed by atoms with Crippen LogP contribution in [0.15, 0.2) is 48.5 Å². The van der Waals surface area contributed by atoms with E-state index in [1.54, 1.807) is 48.5 Å². The molecule has 0 saturated carbocycles. The van der Waals surface area contributed by atoms with Crippen molar-refractivity contribution in [3.05, 3.63) is 64.3 Å². The third-order valence-corrected chi connectivity index (χ3v) is 2.88. The summed E-state index contributed by atoms with van der Waals surface area (Å²) in [7, 11) is 0. The number of ether oxygens (including phenoxy) is 1. The summed E-state index contributed by atoms with van der Waals surface area (Å²) >= 11 is 14.5. The summed E-state index contributed by atoms with van der Waals surface area (Å²) in [5.41, 5.74) is 1.08. The normalized spacial score (nSPS) is 11.2. The number of thiol groups is 1. The van der Waals surface area contributed by atoms with Gasteiger partial charge in [0.1, 0.15) is 5.75 Å². The van der Waals surface area contributed by atoms with Crippen molar-refractivity contribution in [2.75, 3.05) is 0 Å². The van der Waals surface area contributed by atoms with E-state index in [-0.39, 0.29) is 4.38 Å². The number of halogens is 1. The summed E-state index contributed by atoms with van der Waals surface area (Å²) in [5.74, 6) is 0.474. The first kappa shape index (κ1) is 14.8. The molecule has 102 valence electrons. The largest absolute Gasteiger partial charge is 0.618 e. The summed E-state index contributed by atoms with van der Waals surface area (Å²) in [5, 5.41) is 12.6. The Hall–Kier alpha value is -1.56. The second-order valence-electron chi connectivity index (χ2n) is 3.84. The minimum atomic E-state index is 0.0924. The fourth-order valence-electron chi connectivity index (χ4n) is 1.56. The Balaban J connectivity index is 2.34. The van der Waals surface area contributed by atoms with Crippen molar-refractivity contribution in [3.63, 3.8) is 0 Å². The van der Waals surface area contributed by atoms with E-state index < -0.39 is 0 Å². The van der Waals surface area contributed by atoms with E-state index >= 15 is 0 Å². The zero-order valence-corrected chi connectivity index (χ0v) is 12.7. The topological polar surface area (TPSA) is 35.3 Å². The van der Waals surface area contributed by atoms with E-state index in [0.29, 0.717) is 22.0 Å². The molecule has 0 aliphatic heterocycles. The highest BCUT2D eigenvalue weighted by Gasteiger charge is 2.07. The lowest BCUT2D eigenvalue weighted by atomic mass is 10.2. The van der Waals surface area contributed by atoms with Crippen LogP contribution >= 0.6 is 36.4 Å². The average Bonchev–Trinajstić information content (AvgIpc) is 2.41. The molecule has 3 nitrogen and oxygen atoms in total. The molecule has 0 radical (unpaired) electrons. The van der Waals surface area contributed by atoms with Gasteiger partial charge in [-0.3, -0.25) is 0 Å². The number of nitrogens with zero attached hydrogens (tertiary/aromatic N) is 1. The van der Waals surface area contributed by atoms with Crippen LogP contribution in [0.2, 0.25) is 5.02 Å². The van der Waals surface area contributed by atoms with Gasteiger partial charge in [-0.1, -0.05) is 36.4 Å². The predicted octanol–water partition coefficient (Wildman–Crippen LogP) is 4.19. The van der Waals surface area contributed by atoms with E-state index in [1.807, 2.05) is 0 Å². The van der Waals surface area contributed by atoms with Crippen molar-refractivity contribution in [1.82, 2.24) is 0 Å². The summed E-state index contributed by atoms with van der Waals surface area (Å²) < 4.78 is 6.11. The van der Waals surface area contributed by atoms with Gasteiger partial charge in [0.25, 0.3) is 0 Å². The molecule has 0 amide bonds. The van der Waals surface area contributed by atoms with E-state index in [0.717, 1.165) is 4.74 Å². The van der Waals surface area contributed by atoms with Crippen molar-refractivity contribution in [2.45, 2.75) is 0 Å². The molecule has 0 aliphatic carbocycles. The maximum atomic E-state index is 12.1. The molecular weight excluding hydrogens is 314 g/mol. The lowest BCUT2D eigenvalue weighted by molar-refractivity contribution is -0.354. The standard InChI is InChI=1S/C14H10ClNO2S2/c15-11-5-7-12(8-6-11)16(17)9-10-3-1-2-4-13(10)18-14(19)20/h1-9H,(H,19,20). The fraction of sp³-hybridized carbons (Fsp3) is 0. The third kappa shape index (κ3) is 3.96. The molecule has 20 heavy (non-hydrogen) atoms. The van der Waals surface area contributed by atoms with Crippen molar-refractivity contribution < 1.29 is 9.48 Å². The van der Waals surface area contributed by atoms with Gasteiger partial charge < -0.3 is 9.94 Å². The molecule has 2 aromatic rings. The zero-order valence-electron chi connectivity index (χ0n) is 10.2. The van der Waals surface area contributed by atoms with Crippen molar-refractivity contribution in [3.8, 4) is 5.75 Å². The Kier molecular flexibility index (Phi) is 5.00. The van der Waals surface area contributed by atoms with Crippen LogP contribution in [0.5, 0.6) is 5.75 Å². The molecule has 0 heterocycles. The van der Waals surface area contributed by atoms with Gasteiger partial charge in [0.2, 0.25) is 10.1 Å². The molecule has 0 bridgehead atoms. The zero-order chi connectivity index (χ0) is 14.5. The molecule has 6 heteroatoms. The van der Waals surface area contributed by atoms with Gasteiger partial charge in [0.05, 0.1) is 5.56 Å².